The van der Waals surface area contributed by atoms with Gasteiger partial charge >= 0.3 is 0 Å². The lowest BCUT2D eigenvalue weighted by molar-refractivity contribution is -0.0428. The highest BCUT2D eigenvalue weighted by molar-refractivity contribution is 4.88. The number of morpholine rings is 1. The van der Waals surface area contributed by atoms with Gasteiger partial charge in [0.25, 0.3) is 0 Å². The molecule has 2 atom stereocenters. The molecule has 2 rings (SSSR count). The van der Waals surface area contributed by atoms with Crippen LogP contribution in [0.4, 0.5) is 0 Å². The molecule has 0 unspecified atom stereocenters. The summed E-state index contributed by atoms with van der Waals surface area (Å²) in [6.45, 7) is 7.81. The smallest absolute Gasteiger partial charge is 0.0753 e. The van der Waals surface area contributed by atoms with E-state index in [1.165, 1.54) is 32.5 Å². The molecule has 2 fully saturated rings. The molecule has 0 amide bonds. The molecular formula is C10H20N2O. The first-order valence-corrected chi connectivity index (χ1v) is 5.47. The van der Waals surface area contributed by atoms with Crippen LogP contribution < -0.4 is 5.32 Å². The van der Waals surface area contributed by atoms with Gasteiger partial charge in [0.15, 0.2) is 0 Å². The number of hydrogen-bond donors (Lipinski definition) is 1. The lowest BCUT2D eigenvalue weighted by atomic mass is 10.0. The van der Waals surface area contributed by atoms with Crippen LogP contribution in [-0.4, -0.2) is 49.8 Å². The monoisotopic (exact) mass is 184 g/mol. The van der Waals surface area contributed by atoms with Gasteiger partial charge in [0.1, 0.15) is 0 Å². The molecule has 76 valence electrons. The van der Waals surface area contributed by atoms with Crippen LogP contribution in [0, 0.1) is 0 Å². The van der Waals surface area contributed by atoms with Crippen molar-refractivity contribution in [1.29, 1.82) is 0 Å². The molecular weight excluding hydrogens is 164 g/mol. The number of nitrogens with zero attached hydrogens (tertiary/aromatic N) is 1. The molecule has 13 heavy (non-hydrogen) atoms. The fourth-order valence-electron chi connectivity index (χ4n) is 2.37. The van der Waals surface area contributed by atoms with Crippen molar-refractivity contribution in [2.24, 2.45) is 0 Å². The van der Waals surface area contributed by atoms with E-state index in [2.05, 4.69) is 17.1 Å². The third-order valence-electron chi connectivity index (χ3n) is 3.01. The Kier molecular flexibility index (Phi) is 3.19. The van der Waals surface area contributed by atoms with Crippen molar-refractivity contribution in [2.45, 2.75) is 31.9 Å². The summed E-state index contributed by atoms with van der Waals surface area (Å²) < 4.78 is 5.72. The predicted molar refractivity (Wildman–Crippen MR) is 52.9 cm³/mol. The zero-order valence-corrected chi connectivity index (χ0v) is 8.46. The zero-order valence-electron chi connectivity index (χ0n) is 8.46. The van der Waals surface area contributed by atoms with Crippen molar-refractivity contribution in [3.05, 3.63) is 0 Å². The highest BCUT2D eigenvalue weighted by Gasteiger charge is 2.31. The van der Waals surface area contributed by atoms with E-state index in [0.717, 1.165) is 13.2 Å². The van der Waals surface area contributed by atoms with Crippen LogP contribution in [-0.2, 0) is 4.74 Å². The minimum absolute atomic E-state index is 0.488. The maximum Gasteiger partial charge on any atom is 0.0753 e. The molecule has 1 N–H and O–H groups in total. The van der Waals surface area contributed by atoms with Crippen molar-refractivity contribution < 1.29 is 4.74 Å². The van der Waals surface area contributed by atoms with E-state index in [4.69, 9.17) is 4.74 Å². The zero-order chi connectivity index (χ0) is 9.10. The second-order valence-electron chi connectivity index (χ2n) is 4.06. The van der Waals surface area contributed by atoms with Crippen LogP contribution in [0.1, 0.15) is 19.8 Å². The molecule has 3 heteroatoms. The van der Waals surface area contributed by atoms with Gasteiger partial charge in [-0.1, -0.05) is 6.92 Å². The van der Waals surface area contributed by atoms with E-state index >= 15 is 0 Å². The van der Waals surface area contributed by atoms with Crippen LogP contribution in [0.5, 0.6) is 0 Å². The fraction of sp³-hybridized carbons (Fsp3) is 1.00. The van der Waals surface area contributed by atoms with Gasteiger partial charge in [-0.15, -0.1) is 0 Å². The standard InChI is InChI=1S/C10H20N2O/c1-2-5-12-6-3-10-9(8-12)11-4-7-13-10/h9-11H,2-8H2,1H3/t9-,10+/m1/s1. The number of likely N-dealkylation sites (tertiary alicyclic amines) is 1. The van der Waals surface area contributed by atoms with Crippen LogP contribution in [0.3, 0.4) is 0 Å². The topological polar surface area (TPSA) is 24.5 Å². The number of ether oxygens (including phenoxy) is 1. The molecule has 0 saturated carbocycles. The molecule has 0 bridgehead atoms. The SMILES string of the molecule is CCCN1CC[C@@H]2OCCN[C@@H]2C1. The minimum Gasteiger partial charge on any atom is -0.375 e. The van der Waals surface area contributed by atoms with Crippen LogP contribution in [0.25, 0.3) is 0 Å². The highest BCUT2D eigenvalue weighted by atomic mass is 16.5. The summed E-state index contributed by atoms with van der Waals surface area (Å²) in [5, 5.41) is 3.54. The number of hydrogen-bond acceptors (Lipinski definition) is 3. The van der Waals surface area contributed by atoms with Crippen LogP contribution in [0.15, 0.2) is 0 Å². The Hall–Kier alpha value is -0.120. The maximum absolute atomic E-state index is 5.72. The summed E-state index contributed by atoms with van der Waals surface area (Å²) in [7, 11) is 0. The second kappa shape index (κ2) is 4.40. The van der Waals surface area contributed by atoms with Crippen molar-refractivity contribution in [3.8, 4) is 0 Å². The van der Waals surface area contributed by atoms with E-state index in [-0.39, 0.29) is 0 Å². The third-order valence-corrected chi connectivity index (χ3v) is 3.01. The summed E-state index contributed by atoms with van der Waals surface area (Å²) in [5.74, 6) is 0. The van der Waals surface area contributed by atoms with Crippen molar-refractivity contribution in [2.75, 3.05) is 32.8 Å². The third kappa shape index (κ3) is 2.22. The molecule has 0 aromatic carbocycles. The first kappa shape index (κ1) is 9.44. The van der Waals surface area contributed by atoms with E-state index in [1.807, 2.05) is 0 Å². The molecule has 0 radical (unpaired) electrons. The molecule has 2 aliphatic rings. The molecule has 0 spiro atoms. The lowest BCUT2D eigenvalue weighted by Crippen LogP contribution is -2.58. The average molecular weight is 184 g/mol. The van der Waals surface area contributed by atoms with E-state index < -0.39 is 0 Å². The normalized spacial score (nSPS) is 35.8. The Labute approximate surface area is 80.4 Å². The fourth-order valence-corrected chi connectivity index (χ4v) is 2.37. The Bertz CT molecular complexity index is 163. The first-order valence-electron chi connectivity index (χ1n) is 5.47. The molecule has 0 aromatic heterocycles. The van der Waals surface area contributed by atoms with Crippen molar-refractivity contribution in [3.63, 3.8) is 0 Å². The van der Waals surface area contributed by atoms with Crippen molar-refractivity contribution >= 4 is 0 Å². The van der Waals surface area contributed by atoms with Gasteiger partial charge in [0, 0.05) is 25.7 Å². The van der Waals surface area contributed by atoms with E-state index in [0.29, 0.717) is 12.1 Å². The van der Waals surface area contributed by atoms with Crippen molar-refractivity contribution in [1.82, 2.24) is 10.2 Å². The average Bonchev–Trinajstić information content (AvgIpc) is 2.18. The van der Waals surface area contributed by atoms with Crippen LogP contribution >= 0.6 is 0 Å². The Balaban J connectivity index is 1.84. The van der Waals surface area contributed by atoms with E-state index in [1.54, 1.807) is 0 Å². The van der Waals surface area contributed by atoms with E-state index in [9.17, 15) is 0 Å². The second-order valence-corrected chi connectivity index (χ2v) is 4.06. The first-order chi connectivity index (χ1) is 6.40. The summed E-state index contributed by atoms with van der Waals surface area (Å²) in [4.78, 5) is 2.54. The molecule has 0 aromatic rings. The van der Waals surface area contributed by atoms with Gasteiger partial charge in [0.2, 0.25) is 0 Å². The number of nitrogens with one attached hydrogen (secondary N) is 1. The van der Waals surface area contributed by atoms with Crippen LogP contribution in [0.2, 0.25) is 0 Å². The van der Waals surface area contributed by atoms with Gasteiger partial charge in [-0.25, -0.2) is 0 Å². The highest BCUT2D eigenvalue weighted by Crippen LogP contribution is 2.16. The number of rotatable bonds is 2. The summed E-state index contributed by atoms with van der Waals surface area (Å²) in [5.41, 5.74) is 0. The molecule has 0 aliphatic carbocycles. The van der Waals surface area contributed by atoms with Gasteiger partial charge in [-0.3, -0.25) is 0 Å². The van der Waals surface area contributed by atoms with Gasteiger partial charge < -0.3 is 15.0 Å². The Morgan fingerprint density at radius 1 is 1.54 bits per heavy atom. The summed E-state index contributed by atoms with van der Waals surface area (Å²) in [6, 6.07) is 0.592. The van der Waals surface area contributed by atoms with Gasteiger partial charge in [-0.05, 0) is 19.4 Å². The number of fused-ring (bicyclic) bond motifs is 1. The Morgan fingerprint density at radius 2 is 2.46 bits per heavy atom. The van der Waals surface area contributed by atoms with Gasteiger partial charge in [0.05, 0.1) is 12.7 Å². The molecule has 2 aliphatic heterocycles. The Morgan fingerprint density at radius 3 is 3.31 bits per heavy atom. The minimum atomic E-state index is 0.488. The summed E-state index contributed by atoms with van der Waals surface area (Å²) >= 11 is 0. The molecule has 3 nitrogen and oxygen atoms in total. The summed E-state index contributed by atoms with van der Waals surface area (Å²) in [6.07, 6.45) is 2.96. The molecule has 2 heterocycles. The number of piperidine rings is 1. The largest absolute Gasteiger partial charge is 0.375 e. The van der Waals surface area contributed by atoms with Gasteiger partial charge in [-0.2, -0.15) is 0 Å². The quantitative estimate of drug-likeness (QED) is 0.675. The lowest BCUT2D eigenvalue weighted by Gasteiger charge is -2.41. The maximum atomic E-state index is 5.72. The predicted octanol–water partition coefficient (Wildman–Crippen LogP) is 0.459. The molecule has 2 saturated heterocycles.